The largest absolute Gasteiger partial charge is 0.416 e. The summed E-state index contributed by atoms with van der Waals surface area (Å²) in [6.07, 6.45) is -3.64. The van der Waals surface area contributed by atoms with Gasteiger partial charge in [-0.05, 0) is 37.6 Å². The van der Waals surface area contributed by atoms with Gasteiger partial charge in [0.15, 0.2) is 0 Å². The molecular weight excluding hydrogens is 441 g/mol. The van der Waals surface area contributed by atoms with Gasteiger partial charge in [0.1, 0.15) is 0 Å². The molecule has 0 radical (unpaired) electrons. The smallest absolute Gasteiger partial charge is 0.339 e. The number of hydrogen-bond acceptors (Lipinski definition) is 6. The lowest BCUT2D eigenvalue weighted by Crippen LogP contribution is -2.39. The summed E-state index contributed by atoms with van der Waals surface area (Å²) in [5, 5.41) is 14.8. The van der Waals surface area contributed by atoms with Gasteiger partial charge in [0, 0.05) is 42.3 Å². The fourth-order valence-corrected chi connectivity index (χ4v) is 3.16. The molecule has 0 aliphatic heterocycles. The van der Waals surface area contributed by atoms with E-state index < -0.39 is 22.6 Å². The maximum atomic E-state index is 13.0. The summed E-state index contributed by atoms with van der Waals surface area (Å²) in [5.74, 6) is -0.000572. The molecule has 0 spiro atoms. The van der Waals surface area contributed by atoms with Crippen molar-refractivity contribution in [2.24, 2.45) is 0 Å². The molecular formula is C22H21F3N4O4. The quantitative estimate of drug-likeness (QED) is 0.339. The number of alkyl halides is 3. The van der Waals surface area contributed by atoms with Gasteiger partial charge in [-0.15, -0.1) is 0 Å². The zero-order valence-electron chi connectivity index (χ0n) is 17.9. The number of halogens is 3. The molecule has 0 N–H and O–H groups in total. The first-order chi connectivity index (χ1) is 15.6. The van der Waals surface area contributed by atoms with E-state index in [1.54, 1.807) is 11.0 Å². The van der Waals surface area contributed by atoms with Crippen molar-refractivity contribution in [3.05, 3.63) is 75.7 Å². The second-order valence-electron chi connectivity index (χ2n) is 7.40. The molecule has 3 aromatic rings. The lowest BCUT2D eigenvalue weighted by atomic mass is 10.1. The van der Waals surface area contributed by atoms with Crippen LogP contribution in [0.4, 0.5) is 18.9 Å². The number of nitrogens with zero attached hydrogens (tertiary/aromatic N) is 4. The molecule has 0 aliphatic carbocycles. The van der Waals surface area contributed by atoms with Crippen molar-refractivity contribution in [2.45, 2.75) is 38.9 Å². The molecule has 1 amide bonds. The van der Waals surface area contributed by atoms with Crippen molar-refractivity contribution in [2.75, 3.05) is 6.54 Å². The highest BCUT2D eigenvalue weighted by atomic mass is 19.4. The number of hydrogen-bond donors (Lipinski definition) is 0. The number of amides is 1. The predicted molar refractivity (Wildman–Crippen MR) is 112 cm³/mol. The van der Waals surface area contributed by atoms with Crippen molar-refractivity contribution in [3.8, 4) is 11.4 Å². The van der Waals surface area contributed by atoms with E-state index in [1.165, 1.54) is 18.2 Å². The van der Waals surface area contributed by atoms with Crippen molar-refractivity contribution in [1.29, 1.82) is 0 Å². The van der Waals surface area contributed by atoms with Gasteiger partial charge >= 0.3 is 6.18 Å². The topological polar surface area (TPSA) is 102 Å². The van der Waals surface area contributed by atoms with Crippen LogP contribution >= 0.6 is 0 Å². The third-order valence-electron chi connectivity index (χ3n) is 5.19. The van der Waals surface area contributed by atoms with E-state index in [9.17, 15) is 28.1 Å². The van der Waals surface area contributed by atoms with Crippen LogP contribution in [0.3, 0.4) is 0 Å². The van der Waals surface area contributed by atoms with E-state index in [0.717, 1.165) is 24.3 Å². The van der Waals surface area contributed by atoms with Gasteiger partial charge in [-0.25, -0.2) is 0 Å². The first-order valence-corrected chi connectivity index (χ1v) is 10.2. The van der Waals surface area contributed by atoms with Crippen LogP contribution < -0.4 is 0 Å². The Morgan fingerprint density at radius 2 is 1.91 bits per heavy atom. The molecule has 0 bridgehead atoms. The number of benzene rings is 2. The second kappa shape index (κ2) is 9.80. The van der Waals surface area contributed by atoms with Crippen molar-refractivity contribution < 1.29 is 27.4 Å². The number of carbonyl (C=O) groups is 1. The average molecular weight is 462 g/mol. The van der Waals surface area contributed by atoms with Gasteiger partial charge in [-0.3, -0.25) is 14.9 Å². The lowest BCUT2D eigenvalue weighted by Gasteiger charge is -2.28. The van der Waals surface area contributed by atoms with E-state index in [4.69, 9.17) is 4.52 Å². The highest BCUT2D eigenvalue weighted by Gasteiger charge is 2.30. The summed E-state index contributed by atoms with van der Waals surface area (Å²) in [7, 11) is 0. The van der Waals surface area contributed by atoms with E-state index in [1.807, 2.05) is 13.8 Å². The predicted octanol–water partition coefficient (Wildman–Crippen LogP) is 5.15. The Kier molecular flexibility index (Phi) is 7.10. The molecule has 0 saturated carbocycles. The van der Waals surface area contributed by atoms with Crippen LogP contribution in [0, 0.1) is 10.1 Å². The van der Waals surface area contributed by atoms with E-state index in [-0.39, 0.29) is 42.0 Å². The molecule has 1 aromatic heterocycles. The minimum Gasteiger partial charge on any atom is -0.339 e. The zero-order valence-corrected chi connectivity index (χ0v) is 17.9. The third-order valence-corrected chi connectivity index (χ3v) is 5.19. The number of carbonyl (C=O) groups excluding carboxylic acids is 1. The van der Waals surface area contributed by atoms with Gasteiger partial charge in [0.05, 0.1) is 10.5 Å². The fraction of sp³-hybridized carbons (Fsp3) is 0.318. The summed E-state index contributed by atoms with van der Waals surface area (Å²) in [6.45, 7) is 3.93. The van der Waals surface area contributed by atoms with Crippen LogP contribution in [-0.4, -0.2) is 38.5 Å². The Morgan fingerprint density at radius 1 is 1.21 bits per heavy atom. The molecule has 1 heterocycles. The monoisotopic (exact) mass is 462 g/mol. The first-order valence-electron chi connectivity index (χ1n) is 10.2. The van der Waals surface area contributed by atoms with Gasteiger partial charge in [0.25, 0.3) is 11.6 Å². The van der Waals surface area contributed by atoms with Gasteiger partial charge < -0.3 is 9.42 Å². The molecule has 0 fully saturated rings. The van der Waals surface area contributed by atoms with Crippen LogP contribution in [0.25, 0.3) is 11.4 Å². The number of nitro groups is 1. The Hall–Kier alpha value is -3.76. The van der Waals surface area contributed by atoms with Crippen LogP contribution in [0.2, 0.25) is 0 Å². The summed E-state index contributed by atoms with van der Waals surface area (Å²) in [6, 6.07) is 9.70. The van der Waals surface area contributed by atoms with Gasteiger partial charge in [-0.1, -0.05) is 24.2 Å². The lowest BCUT2D eigenvalue weighted by molar-refractivity contribution is -0.384. The summed E-state index contributed by atoms with van der Waals surface area (Å²) >= 11 is 0. The average Bonchev–Trinajstić information content (AvgIpc) is 3.27. The number of aromatic nitrogens is 2. The molecule has 1 unspecified atom stereocenters. The normalized spacial score (nSPS) is 12.4. The maximum absolute atomic E-state index is 13.0. The number of non-ortho nitro benzene ring substituents is 1. The first kappa shape index (κ1) is 23.9. The standard InChI is InChI=1S/C22H21F3N4O4/c1-3-14(2)28(21(30)15-7-9-17(10-8-15)22(23,24)25)12-11-19-26-20(27-33-19)16-5-4-6-18(13-16)29(31)32/h4-10,13-14H,3,11-12H2,1-2H3. The SMILES string of the molecule is CCC(C)N(CCc1nc(-c2cccc([N+](=O)[O-])c2)no1)C(=O)c1ccc(C(F)(F)F)cc1. The Balaban J connectivity index is 1.74. The van der Waals surface area contributed by atoms with Crippen LogP contribution in [-0.2, 0) is 12.6 Å². The third kappa shape index (κ3) is 5.73. The molecule has 0 aliphatic rings. The van der Waals surface area contributed by atoms with E-state index >= 15 is 0 Å². The van der Waals surface area contributed by atoms with Crippen molar-refractivity contribution in [1.82, 2.24) is 15.0 Å². The van der Waals surface area contributed by atoms with Crippen LogP contribution in [0.5, 0.6) is 0 Å². The molecule has 33 heavy (non-hydrogen) atoms. The minimum atomic E-state index is -4.48. The number of nitro benzene ring substituents is 1. The number of rotatable bonds is 8. The Labute approximate surface area is 187 Å². The minimum absolute atomic E-state index is 0.107. The second-order valence-corrected chi connectivity index (χ2v) is 7.40. The summed E-state index contributed by atoms with van der Waals surface area (Å²) in [4.78, 5) is 29.2. The molecule has 11 heteroatoms. The van der Waals surface area contributed by atoms with Crippen molar-refractivity contribution in [3.63, 3.8) is 0 Å². The highest BCUT2D eigenvalue weighted by molar-refractivity contribution is 5.94. The zero-order chi connectivity index (χ0) is 24.2. The molecule has 3 rings (SSSR count). The maximum Gasteiger partial charge on any atom is 0.416 e. The Bertz CT molecular complexity index is 1130. The molecule has 174 valence electrons. The van der Waals surface area contributed by atoms with E-state index in [2.05, 4.69) is 10.1 Å². The summed E-state index contributed by atoms with van der Waals surface area (Å²) in [5.41, 5.74) is -0.373. The summed E-state index contributed by atoms with van der Waals surface area (Å²) < 4.78 is 43.6. The van der Waals surface area contributed by atoms with Gasteiger partial charge in [-0.2, -0.15) is 18.2 Å². The van der Waals surface area contributed by atoms with Crippen molar-refractivity contribution >= 4 is 11.6 Å². The van der Waals surface area contributed by atoms with Crippen LogP contribution in [0.15, 0.2) is 53.1 Å². The van der Waals surface area contributed by atoms with Crippen LogP contribution in [0.1, 0.15) is 42.1 Å². The fourth-order valence-electron chi connectivity index (χ4n) is 3.16. The highest BCUT2D eigenvalue weighted by Crippen LogP contribution is 2.29. The molecule has 2 aromatic carbocycles. The van der Waals surface area contributed by atoms with Gasteiger partial charge in [0.2, 0.25) is 11.7 Å². The molecule has 1 atom stereocenters. The Morgan fingerprint density at radius 3 is 2.52 bits per heavy atom. The van der Waals surface area contributed by atoms with E-state index in [0.29, 0.717) is 12.0 Å². The molecule has 0 saturated heterocycles. The molecule has 8 nitrogen and oxygen atoms in total.